The molecule has 34 heavy (non-hydrogen) atoms. The lowest BCUT2D eigenvalue weighted by molar-refractivity contribution is -0.138. The Kier molecular flexibility index (Phi) is 6.96. The minimum absolute atomic E-state index is 0.0332. The van der Waals surface area contributed by atoms with Crippen molar-refractivity contribution in [2.45, 2.75) is 64.1 Å². The summed E-state index contributed by atoms with van der Waals surface area (Å²) in [6.45, 7) is 4.52. The highest BCUT2D eigenvalue weighted by Gasteiger charge is 2.52. The van der Waals surface area contributed by atoms with Gasteiger partial charge in [-0.1, -0.05) is 13.8 Å². The summed E-state index contributed by atoms with van der Waals surface area (Å²) in [6, 6.07) is 5.67. The van der Waals surface area contributed by atoms with Gasteiger partial charge in [0.2, 0.25) is 11.8 Å². The van der Waals surface area contributed by atoms with E-state index in [1.807, 2.05) is 45.0 Å². The van der Waals surface area contributed by atoms with Crippen molar-refractivity contribution in [1.29, 1.82) is 0 Å². The first-order valence-corrected chi connectivity index (χ1v) is 12.4. The average Bonchev–Trinajstić information content (AvgIpc) is 3.39. The van der Waals surface area contributed by atoms with Crippen LogP contribution in [-0.4, -0.2) is 78.6 Å². The third-order valence-electron chi connectivity index (χ3n) is 7.14. The second kappa shape index (κ2) is 9.76. The van der Waals surface area contributed by atoms with Crippen LogP contribution < -0.4 is 10.2 Å². The van der Waals surface area contributed by atoms with Gasteiger partial charge in [0.15, 0.2) is 5.78 Å². The van der Waals surface area contributed by atoms with Crippen molar-refractivity contribution in [3.63, 3.8) is 0 Å². The lowest BCUT2D eigenvalue weighted by atomic mass is 10.0. The number of nitrogens with one attached hydrogen (secondary N) is 1. The number of amides is 3. The number of hydrogen-bond donors (Lipinski definition) is 1. The van der Waals surface area contributed by atoms with Gasteiger partial charge in [-0.25, -0.2) is 0 Å². The van der Waals surface area contributed by atoms with E-state index in [1.165, 1.54) is 0 Å². The summed E-state index contributed by atoms with van der Waals surface area (Å²) >= 11 is 0. The van der Waals surface area contributed by atoms with E-state index in [4.69, 9.17) is 0 Å². The van der Waals surface area contributed by atoms with Crippen molar-refractivity contribution in [1.82, 2.24) is 15.1 Å². The zero-order chi connectivity index (χ0) is 24.6. The zero-order valence-electron chi connectivity index (χ0n) is 20.6. The van der Waals surface area contributed by atoms with Gasteiger partial charge in [0.1, 0.15) is 12.1 Å². The Morgan fingerprint density at radius 2 is 1.74 bits per heavy atom. The summed E-state index contributed by atoms with van der Waals surface area (Å²) in [5, 5.41) is 2.92. The Bertz CT molecular complexity index is 954. The van der Waals surface area contributed by atoms with Crippen molar-refractivity contribution >= 4 is 29.2 Å². The maximum atomic E-state index is 13.6. The van der Waals surface area contributed by atoms with Crippen LogP contribution in [0.1, 0.15) is 56.3 Å². The molecule has 8 heteroatoms. The molecule has 0 radical (unpaired) electrons. The molecule has 2 aliphatic heterocycles. The second-order valence-electron chi connectivity index (χ2n) is 10.6. The van der Waals surface area contributed by atoms with Crippen molar-refractivity contribution in [2.24, 2.45) is 11.8 Å². The molecule has 1 N–H and O–H groups in total. The molecule has 1 aromatic rings. The Hall–Kier alpha value is -2.90. The van der Waals surface area contributed by atoms with E-state index in [2.05, 4.69) is 5.32 Å². The number of rotatable bonds is 8. The second-order valence-corrected chi connectivity index (χ2v) is 10.6. The molecule has 4 rings (SSSR count). The number of carbonyl (C=O) groups is 4. The molecule has 3 aliphatic rings. The summed E-state index contributed by atoms with van der Waals surface area (Å²) in [5.41, 5.74) is 1.47. The van der Waals surface area contributed by atoms with Crippen molar-refractivity contribution in [3.8, 4) is 0 Å². The van der Waals surface area contributed by atoms with Gasteiger partial charge in [-0.3, -0.25) is 19.2 Å². The first-order chi connectivity index (χ1) is 16.2. The molecule has 0 bridgehead atoms. The number of anilines is 1. The highest BCUT2D eigenvalue weighted by Crippen LogP contribution is 2.36. The molecule has 3 atom stereocenters. The molecule has 184 valence electrons. The summed E-state index contributed by atoms with van der Waals surface area (Å²) in [5.74, 6) is 0.0565. The lowest BCUT2D eigenvalue weighted by Crippen LogP contribution is -2.53. The van der Waals surface area contributed by atoms with Crippen LogP contribution in [0.25, 0.3) is 0 Å². The van der Waals surface area contributed by atoms with Gasteiger partial charge in [0, 0.05) is 38.3 Å². The number of likely N-dealkylation sites (tertiary alicyclic amines) is 2. The van der Waals surface area contributed by atoms with E-state index < -0.39 is 12.1 Å². The van der Waals surface area contributed by atoms with Gasteiger partial charge in [0.25, 0.3) is 5.91 Å². The van der Waals surface area contributed by atoms with E-state index in [9.17, 15) is 19.2 Å². The van der Waals surface area contributed by atoms with Crippen molar-refractivity contribution in [2.75, 3.05) is 32.1 Å². The molecule has 1 aliphatic carbocycles. The summed E-state index contributed by atoms with van der Waals surface area (Å²) in [7, 11) is 3.86. The molecular formula is C26H36N4O4. The number of Topliss-reactive ketones (excluding diaryl/α,β-unsaturated/α-hetero) is 1. The minimum Gasteiger partial charge on any atom is -0.378 e. The largest absolute Gasteiger partial charge is 0.378 e. The highest BCUT2D eigenvalue weighted by molar-refractivity contribution is 6.01. The summed E-state index contributed by atoms with van der Waals surface area (Å²) in [4.78, 5) is 57.4. The number of carbonyl (C=O) groups excluding carboxylic acids is 4. The van der Waals surface area contributed by atoms with Crippen LogP contribution in [0, 0.1) is 11.8 Å². The fourth-order valence-electron chi connectivity index (χ4n) is 5.12. The first kappa shape index (κ1) is 24.2. The van der Waals surface area contributed by atoms with Crippen LogP contribution in [0.4, 0.5) is 5.69 Å². The molecule has 8 nitrogen and oxygen atoms in total. The van der Waals surface area contributed by atoms with Gasteiger partial charge in [-0.15, -0.1) is 0 Å². The Balaban J connectivity index is 1.46. The molecule has 1 unspecified atom stereocenters. The number of nitrogens with zero attached hydrogens (tertiary/aromatic N) is 3. The number of ketones is 1. The number of fused-ring (bicyclic) bond motifs is 1. The number of hydrogen-bond acceptors (Lipinski definition) is 5. The van der Waals surface area contributed by atoms with Crippen LogP contribution in [0.3, 0.4) is 0 Å². The molecule has 3 amide bonds. The average molecular weight is 469 g/mol. The summed E-state index contributed by atoms with van der Waals surface area (Å²) < 4.78 is 0. The molecule has 1 saturated carbocycles. The molecule has 2 heterocycles. The standard InChI is InChI=1S/C26H36N4O4/c1-16(2)13-20(27-25(33)18-7-9-19(10-8-18)28(3)4)26(34)29-12-11-21-24(29)22(31)15-30(21)23(32)14-17-5-6-17/h7-10,16-17,20-21,24H,5-6,11-15H2,1-4H3,(H,27,33)/t20-,21?,24-/m0/s1. The normalized spacial score (nSPS) is 22.7. The third kappa shape index (κ3) is 5.10. The van der Waals surface area contributed by atoms with E-state index in [1.54, 1.807) is 21.9 Å². The summed E-state index contributed by atoms with van der Waals surface area (Å²) in [6.07, 6.45) is 3.75. The SMILES string of the molecule is CC(C)C[C@H](NC(=O)c1ccc(N(C)C)cc1)C(=O)N1CCC2[C@H]1C(=O)CN2C(=O)CC1CC1. The smallest absolute Gasteiger partial charge is 0.251 e. The van der Waals surface area contributed by atoms with Crippen LogP contribution in [-0.2, 0) is 14.4 Å². The molecule has 1 aromatic carbocycles. The van der Waals surface area contributed by atoms with Gasteiger partial charge in [0.05, 0.1) is 12.6 Å². The van der Waals surface area contributed by atoms with Crippen molar-refractivity contribution < 1.29 is 19.2 Å². The molecule has 3 fully saturated rings. The maximum absolute atomic E-state index is 13.6. The Morgan fingerprint density at radius 1 is 1.06 bits per heavy atom. The predicted octanol–water partition coefficient (Wildman–Crippen LogP) is 2.08. The van der Waals surface area contributed by atoms with Crippen LogP contribution >= 0.6 is 0 Å². The monoisotopic (exact) mass is 468 g/mol. The van der Waals surface area contributed by atoms with Gasteiger partial charge in [-0.2, -0.15) is 0 Å². The van der Waals surface area contributed by atoms with Crippen molar-refractivity contribution in [3.05, 3.63) is 29.8 Å². The van der Waals surface area contributed by atoms with Gasteiger partial charge in [-0.05, 0) is 61.8 Å². The topological polar surface area (TPSA) is 90.0 Å². The fourth-order valence-corrected chi connectivity index (χ4v) is 5.12. The quantitative estimate of drug-likeness (QED) is 0.631. The van der Waals surface area contributed by atoms with E-state index >= 15 is 0 Å². The third-order valence-corrected chi connectivity index (χ3v) is 7.14. The van der Waals surface area contributed by atoms with E-state index in [-0.39, 0.29) is 42.0 Å². The van der Waals surface area contributed by atoms with E-state index in [0.29, 0.717) is 37.3 Å². The maximum Gasteiger partial charge on any atom is 0.251 e. The molecule has 0 aromatic heterocycles. The number of benzene rings is 1. The molecule has 2 saturated heterocycles. The highest BCUT2D eigenvalue weighted by atomic mass is 16.2. The van der Waals surface area contributed by atoms with Crippen LogP contribution in [0.2, 0.25) is 0 Å². The molecular weight excluding hydrogens is 432 g/mol. The van der Waals surface area contributed by atoms with Gasteiger partial charge >= 0.3 is 0 Å². The fraction of sp³-hybridized carbons (Fsp3) is 0.615. The zero-order valence-corrected chi connectivity index (χ0v) is 20.6. The molecule has 0 spiro atoms. The van der Waals surface area contributed by atoms with E-state index in [0.717, 1.165) is 18.5 Å². The first-order valence-electron chi connectivity index (χ1n) is 12.4. The lowest BCUT2D eigenvalue weighted by Gasteiger charge is -2.29. The van der Waals surface area contributed by atoms with Gasteiger partial charge < -0.3 is 20.0 Å². The van der Waals surface area contributed by atoms with Crippen LogP contribution in [0.5, 0.6) is 0 Å². The van der Waals surface area contributed by atoms with Crippen LogP contribution in [0.15, 0.2) is 24.3 Å². The minimum atomic E-state index is -0.719. The predicted molar refractivity (Wildman–Crippen MR) is 129 cm³/mol. The Morgan fingerprint density at radius 3 is 2.32 bits per heavy atom. The Labute approximate surface area is 201 Å².